The Morgan fingerprint density at radius 3 is 3.10 bits per heavy atom. The third-order valence-corrected chi connectivity index (χ3v) is 1.98. The summed E-state index contributed by atoms with van der Waals surface area (Å²) in [5, 5.41) is 0. The second-order valence-corrected chi connectivity index (χ2v) is 3.06. The van der Waals surface area contributed by atoms with E-state index in [9.17, 15) is 0 Å². The summed E-state index contributed by atoms with van der Waals surface area (Å²) in [6.45, 7) is 2.23. The average molecular weight is 137 g/mol. The van der Waals surface area contributed by atoms with Crippen LogP contribution in [0.25, 0.3) is 0 Å². The molecule has 54 valence electrons. The van der Waals surface area contributed by atoms with Crippen LogP contribution in [0.4, 0.5) is 5.95 Å². The number of anilines is 1. The second kappa shape index (κ2) is 1.75. The van der Waals surface area contributed by atoms with Crippen molar-refractivity contribution < 1.29 is 0 Å². The molecule has 3 N–H and O–H groups in total. The van der Waals surface area contributed by atoms with E-state index >= 15 is 0 Å². The van der Waals surface area contributed by atoms with Crippen LogP contribution in [0.1, 0.15) is 18.3 Å². The fourth-order valence-electron chi connectivity index (χ4n) is 1.56. The molecule has 1 aliphatic carbocycles. The molecule has 0 fully saturated rings. The Balaban J connectivity index is 2.39. The Labute approximate surface area is 59.7 Å². The minimum atomic E-state index is 0.567. The minimum absolute atomic E-state index is 0.567. The van der Waals surface area contributed by atoms with E-state index in [-0.39, 0.29) is 0 Å². The molecule has 0 spiro atoms. The Kier molecular flexibility index (Phi) is 1.01. The molecule has 0 aliphatic heterocycles. The monoisotopic (exact) mass is 137 g/mol. The van der Waals surface area contributed by atoms with Crippen LogP contribution < -0.4 is 5.73 Å². The average Bonchev–Trinajstić information content (AvgIpc) is 2.21. The highest BCUT2D eigenvalue weighted by Crippen LogP contribution is 2.24. The van der Waals surface area contributed by atoms with Crippen molar-refractivity contribution in [1.29, 1.82) is 0 Å². The molecule has 0 saturated heterocycles. The topological polar surface area (TPSA) is 54.7 Å². The van der Waals surface area contributed by atoms with Gasteiger partial charge in [-0.15, -0.1) is 0 Å². The molecule has 0 saturated carbocycles. The van der Waals surface area contributed by atoms with Gasteiger partial charge in [0.1, 0.15) is 0 Å². The van der Waals surface area contributed by atoms with Crippen LogP contribution in [0.15, 0.2) is 0 Å². The molecule has 0 radical (unpaired) electrons. The van der Waals surface area contributed by atoms with Gasteiger partial charge in [0.25, 0.3) is 0 Å². The predicted molar refractivity (Wildman–Crippen MR) is 39.6 cm³/mol. The maximum Gasteiger partial charge on any atom is 0.197 e. The lowest BCUT2D eigenvalue weighted by atomic mass is 10.1. The molecule has 3 heteroatoms. The van der Waals surface area contributed by atoms with Crippen LogP contribution in [0.2, 0.25) is 0 Å². The van der Waals surface area contributed by atoms with E-state index < -0.39 is 0 Å². The van der Waals surface area contributed by atoms with Crippen molar-refractivity contribution in [2.75, 3.05) is 5.73 Å². The fraction of sp³-hybridized carbons (Fsp3) is 0.571. The number of hydrogen-bond acceptors (Lipinski definition) is 2. The number of fused-ring (bicyclic) bond motifs is 1. The zero-order valence-electron chi connectivity index (χ0n) is 6.02. The SMILES string of the molecule is CC1Cc2nc(N)[nH]c2C1. The lowest BCUT2D eigenvalue weighted by Crippen LogP contribution is -1.95. The normalized spacial score (nSPS) is 17.7. The Hall–Kier alpha value is -0.990. The van der Waals surface area contributed by atoms with Gasteiger partial charge in [0, 0.05) is 5.69 Å². The van der Waals surface area contributed by atoms with E-state index in [1.54, 1.807) is 0 Å². The first-order valence-corrected chi connectivity index (χ1v) is 3.59. The highest BCUT2D eigenvalue weighted by molar-refractivity contribution is 5.29. The number of nitrogen functional groups attached to an aromatic ring is 1. The van der Waals surface area contributed by atoms with Gasteiger partial charge in [0.15, 0.2) is 5.95 Å². The van der Waals surface area contributed by atoms with Crippen molar-refractivity contribution in [1.82, 2.24) is 9.97 Å². The first-order chi connectivity index (χ1) is 4.75. The first kappa shape index (κ1) is 5.77. The summed E-state index contributed by atoms with van der Waals surface area (Å²) < 4.78 is 0. The highest BCUT2D eigenvalue weighted by atomic mass is 15.0. The number of hydrogen-bond donors (Lipinski definition) is 2. The number of rotatable bonds is 0. The van der Waals surface area contributed by atoms with E-state index in [2.05, 4.69) is 16.9 Å². The van der Waals surface area contributed by atoms with Gasteiger partial charge in [-0.2, -0.15) is 0 Å². The Morgan fingerprint density at radius 1 is 1.60 bits per heavy atom. The fourth-order valence-corrected chi connectivity index (χ4v) is 1.56. The highest BCUT2D eigenvalue weighted by Gasteiger charge is 2.20. The van der Waals surface area contributed by atoms with Crippen LogP contribution in [-0.4, -0.2) is 9.97 Å². The second-order valence-electron chi connectivity index (χ2n) is 3.06. The molecule has 1 aromatic rings. The number of nitrogens with two attached hydrogens (primary N) is 1. The predicted octanol–water partition coefficient (Wildman–Crippen LogP) is 0.727. The smallest absolute Gasteiger partial charge is 0.197 e. The first-order valence-electron chi connectivity index (χ1n) is 3.59. The molecule has 1 aliphatic rings. The molecule has 0 aromatic carbocycles. The van der Waals surface area contributed by atoms with E-state index in [0.717, 1.165) is 18.8 Å². The number of nitrogens with zero attached hydrogens (tertiary/aromatic N) is 1. The van der Waals surface area contributed by atoms with E-state index in [1.807, 2.05) is 0 Å². The molecule has 1 aromatic heterocycles. The van der Waals surface area contributed by atoms with Crippen molar-refractivity contribution in [3.05, 3.63) is 11.4 Å². The number of aromatic nitrogens is 2. The summed E-state index contributed by atoms with van der Waals surface area (Å²) in [7, 11) is 0. The maximum absolute atomic E-state index is 5.47. The van der Waals surface area contributed by atoms with Crippen LogP contribution in [-0.2, 0) is 12.8 Å². The Bertz CT molecular complexity index is 228. The van der Waals surface area contributed by atoms with Crippen LogP contribution in [0, 0.1) is 5.92 Å². The lowest BCUT2D eigenvalue weighted by Gasteiger charge is -1.95. The summed E-state index contributed by atoms with van der Waals surface area (Å²) >= 11 is 0. The lowest BCUT2D eigenvalue weighted by molar-refractivity contribution is 0.616. The van der Waals surface area contributed by atoms with Gasteiger partial charge in [-0.1, -0.05) is 6.92 Å². The molecule has 2 rings (SSSR count). The summed E-state index contributed by atoms with van der Waals surface area (Å²) in [5.41, 5.74) is 7.88. The van der Waals surface area contributed by atoms with Crippen molar-refractivity contribution in [2.45, 2.75) is 19.8 Å². The van der Waals surface area contributed by atoms with Gasteiger partial charge < -0.3 is 10.7 Å². The van der Waals surface area contributed by atoms with Crippen molar-refractivity contribution in [3.63, 3.8) is 0 Å². The van der Waals surface area contributed by atoms with Crippen LogP contribution in [0.5, 0.6) is 0 Å². The molecular weight excluding hydrogens is 126 g/mol. The number of aromatic amines is 1. The van der Waals surface area contributed by atoms with E-state index in [4.69, 9.17) is 5.73 Å². The molecule has 3 nitrogen and oxygen atoms in total. The molecule has 1 heterocycles. The zero-order valence-corrected chi connectivity index (χ0v) is 6.02. The van der Waals surface area contributed by atoms with Crippen molar-refractivity contribution in [2.24, 2.45) is 5.92 Å². The zero-order chi connectivity index (χ0) is 7.14. The summed E-state index contributed by atoms with van der Waals surface area (Å²) in [6.07, 6.45) is 2.20. The molecule has 1 atom stereocenters. The Morgan fingerprint density at radius 2 is 2.40 bits per heavy atom. The summed E-state index contributed by atoms with van der Waals surface area (Å²) in [6, 6.07) is 0. The van der Waals surface area contributed by atoms with Gasteiger partial charge in [-0.25, -0.2) is 4.98 Å². The van der Waals surface area contributed by atoms with Crippen molar-refractivity contribution >= 4 is 5.95 Å². The molecule has 1 unspecified atom stereocenters. The maximum atomic E-state index is 5.47. The van der Waals surface area contributed by atoms with Gasteiger partial charge >= 0.3 is 0 Å². The summed E-state index contributed by atoms with van der Waals surface area (Å²) in [5.74, 6) is 1.31. The van der Waals surface area contributed by atoms with Gasteiger partial charge in [-0.3, -0.25) is 0 Å². The number of nitrogens with one attached hydrogen (secondary N) is 1. The van der Waals surface area contributed by atoms with E-state index in [0.29, 0.717) is 5.95 Å². The van der Waals surface area contributed by atoms with Crippen molar-refractivity contribution in [3.8, 4) is 0 Å². The minimum Gasteiger partial charge on any atom is -0.369 e. The van der Waals surface area contributed by atoms with Crippen LogP contribution >= 0.6 is 0 Å². The largest absolute Gasteiger partial charge is 0.369 e. The quantitative estimate of drug-likeness (QED) is 0.553. The molecular formula is C7H11N3. The van der Waals surface area contributed by atoms with Gasteiger partial charge in [-0.05, 0) is 18.8 Å². The standard InChI is InChI=1S/C7H11N3/c1-4-2-5-6(3-4)10-7(8)9-5/h4H,2-3H2,1H3,(H3,8,9,10). The number of H-pyrrole nitrogens is 1. The van der Waals surface area contributed by atoms with Crippen LogP contribution in [0.3, 0.4) is 0 Å². The third-order valence-electron chi connectivity index (χ3n) is 1.98. The molecule has 10 heavy (non-hydrogen) atoms. The summed E-state index contributed by atoms with van der Waals surface area (Å²) in [4.78, 5) is 7.22. The molecule has 0 amide bonds. The van der Waals surface area contributed by atoms with E-state index in [1.165, 1.54) is 11.4 Å². The van der Waals surface area contributed by atoms with Gasteiger partial charge in [0.2, 0.25) is 0 Å². The molecule has 0 bridgehead atoms. The number of imidazole rings is 1. The third kappa shape index (κ3) is 0.701. The van der Waals surface area contributed by atoms with Gasteiger partial charge in [0.05, 0.1) is 5.69 Å².